The van der Waals surface area contributed by atoms with Gasteiger partial charge in [-0.2, -0.15) is 0 Å². The van der Waals surface area contributed by atoms with Crippen LogP contribution in [-0.2, 0) is 21.4 Å². The summed E-state index contributed by atoms with van der Waals surface area (Å²) in [5.41, 5.74) is 2.48. The number of methoxy groups -OCH3 is 1. The van der Waals surface area contributed by atoms with Crippen LogP contribution in [0.2, 0.25) is 0 Å². The SMILES string of the molecule is COc1ccc(CNC(=O)CN(c2ccc(C(C)C)cc2)S(C)(=O)=O)cc1. The van der Waals surface area contributed by atoms with Crippen LogP contribution in [0.5, 0.6) is 5.75 Å². The van der Waals surface area contributed by atoms with E-state index in [2.05, 4.69) is 19.2 Å². The van der Waals surface area contributed by atoms with Crippen molar-refractivity contribution in [3.8, 4) is 5.75 Å². The highest BCUT2D eigenvalue weighted by molar-refractivity contribution is 7.92. The number of benzene rings is 2. The van der Waals surface area contributed by atoms with Crippen LogP contribution in [0, 0.1) is 0 Å². The standard InChI is InChI=1S/C20H26N2O4S/c1-15(2)17-7-9-18(10-8-17)22(27(4,24)25)14-20(23)21-13-16-5-11-19(26-3)12-6-16/h5-12,15H,13-14H2,1-4H3,(H,21,23). The molecule has 1 N–H and O–H groups in total. The number of ether oxygens (including phenoxy) is 1. The van der Waals surface area contributed by atoms with Gasteiger partial charge in [0, 0.05) is 6.54 Å². The molecular formula is C20H26N2O4S. The Labute approximate surface area is 161 Å². The quantitative estimate of drug-likeness (QED) is 0.752. The van der Waals surface area contributed by atoms with Gasteiger partial charge < -0.3 is 10.1 Å². The topological polar surface area (TPSA) is 75.7 Å². The minimum atomic E-state index is -3.58. The lowest BCUT2D eigenvalue weighted by Crippen LogP contribution is -2.40. The van der Waals surface area contributed by atoms with E-state index in [0.717, 1.165) is 27.4 Å². The highest BCUT2D eigenvalue weighted by Gasteiger charge is 2.20. The predicted octanol–water partition coefficient (Wildman–Crippen LogP) is 2.90. The van der Waals surface area contributed by atoms with Crippen molar-refractivity contribution in [2.24, 2.45) is 0 Å². The van der Waals surface area contributed by atoms with Crippen molar-refractivity contribution in [3.63, 3.8) is 0 Å². The maximum absolute atomic E-state index is 12.3. The van der Waals surface area contributed by atoms with Crippen molar-refractivity contribution >= 4 is 21.6 Å². The molecule has 0 unspecified atom stereocenters. The second-order valence-corrected chi connectivity index (χ2v) is 8.55. The van der Waals surface area contributed by atoms with Gasteiger partial charge in [0.1, 0.15) is 12.3 Å². The van der Waals surface area contributed by atoms with E-state index in [1.807, 2.05) is 24.3 Å². The molecule has 27 heavy (non-hydrogen) atoms. The average Bonchev–Trinajstić information content (AvgIpc) is 2.64. The van der Waals surface area contributed by atoms with Crippen LogP contribution in [0.1, 0.15) is 30.9 Å². The van der Waals surface area contributed by atoms with Crippen molar-refractivity contribution in [3.05, 3.63) is 59.7 Å². The highest BCUT2D eigenvalue weighted by Crippen LogP contribution is 2.21. The molecule has 0 bridgehead atoms. The summed E-state index contributed by atoms with van der Waals surface area (Å²) in [6.45, 7) is 4.18. The van der Waals surface area contributed by atoms with E-state index in [1.165, 1.54) is 0 Å². The van der Waals surface area contributed by atoms with Crippen LogP contribution in [0.15, 0.2) is 48.5 Å². The Morgan fingerprint density at radius 2 is 1.67 bits per heavy atom. The zero-order valence-electron chi connectivity index (χ0n) is 16.1. The first-order chi connectivity index (χ1) is 12.7. The molecule has 6 nitrogen and oxygen atoms in total. The number of amides is 1. The summed E-state index contributed by atoms with van der Waals surface area (Å²) in [7, 11) is -1.99. The third kappa shape index (κ3) is 5.99. The summed E-state index contributed by atoms with van der Waals surface area (Å²) in [4.78, 5) is 12.3. The molecule has 0 saturated heterocycles. The Morgan fingerprint density at radius 3 is 2.15 bits per heavy atom. The smallest absolute Gasteiger partial charge is 0.241 e. The van der Waals surface area contributed by atoms with E-state index in [0.29, 0.717) is 18.2 Å². The molecule has 0 fully saturated rings. The molecule has 0 radical (unpaired) electrons. The fraction of sp³-hybridized carbons (Fsp3) is 0.350. The van der Waals surface area contributed by atoms with E-state index < -0.39 is 10.0 Å². The van der Waals surface area contributed by atoms with Crippen LogP contribution >= 0.6 is 0 Å². The van der Waals surface area contributed by atoms with Crippen molar-refractivity contribution in [2.45, 2.75) is 26.3 Å². The van der Waals surface area contributed by atoms with Gasteiger partial charge in [0.25, 0.3) is 0 Å². The monoisotopic (exact) mass is 390 g/mol. The molecule has 0 aliphatic carbocycles. The van der Waals surface area contributed by atoms with E-state index in [9.17, 15) is 13.2 Å². The number of nitrogens with zero attached hydrogens (tertiary/aromatic N) is 1. The second-order valence-electron chi connectivity index (χ2n) is 6.64. The molecule has 2 rings (SSSR count). The zero-order chi connectivity index (χ0) is 20.0. The fourth-order valence-corrected chi connectivity index (χ4v) is 3.41. The Balaban J connectivity index is 2.05. The molecule has 7 heteroatoms. The lowest BCUT2D eigenvalue weighted by Gasteiger charge is -2.22. The molecule has 1 amide bonds. The van der Waals surface area contributed by atoms with E-state index in [-0.39, 0.29) is 12.5 Å². The molecule has 0 aromatic heterocycles. The molecule has 0 aliphatic rings. The third-order valence-corrected chi connectivity index (χ3v) is 5.32. The summed E-state index contributed by atoms with van der Waals surface area (Å²) in [5.74, 6) is 0.709. The molecule has 0 spiro atoms. The lowest BCUT2D eigenvalue weighted by atomic mass is 10.0. The minimum absolute atomic E-state index is 0.268. The molecule has 0 saturated carbocycles. The van der Waals surface area contributed by atoms with Crippen LogP contribution in [-0.4, -0.2) is 34.2 Å². The van der Waals surface area contributed by atoms with Gasteiger partial charge in [-0.1, -0.05) is 38.1 Å². The van der Waals surface area contributed by atoms with Crippen molar-refractivity contribution in [2.75, 3.05) is 24.2 Å². The van der Waals surface area contributed by atoms with Crippen molar-refractivity contribution < 1.29 is 17.9 Å². The number of carbonyl (C=O) groups excluding carboxylic acids is 1. The van der Waals surface area contributed by atoms with Crippen LogP contribution in [0.3, 0.4) is 0 Å². The number of carbonyl (C=O) groups is 1. The minimum Gasteiger partial charge on any atom is -0.497 e. The third-order valence-electron chi connectivity index (χ3n) is 4.18. The van der Waals surface area contributed by atoms with Gasteiger partial charge in [-0.05, 0) is 41.3 Å². The predicted molar refractivity (Wildman–Crippen MR) is 108 cm³/mol. The number of anilines is 1. The molecule has 0 heterocycles. The lowest BCUT2D eigenvalue weighted by molar-refractivity contribution is -0.119. The van der Waals surface area contributed by atoms with Gasteiger partial charge in [-0.3, -0.25) is 9.10 Å². The number of hydrogen-bond donors (Lipinski definition) is 1. The van der Waals surface area contributed by atoms with Crippen molar-refractivity contribution in [1.82, 2.24) is 5.32 Å². The molecular weight excluding hydrogens is 364 g/mol. The van der Waals surface area contributed by atoms with Crippen LogP contribution in [0.25, 0.3) is 0 Å². The van der Waals surface area contributed by atoms with Crippen LogP contribution < -0.4 is 14.4 Å². The summed E-state index contributed by atoms with van der Waals surface area (Å²) >= 11 is 0. The number of rotatable bonds is 8. The summed E-state index contributed by atoms with van der Waals surface area (Å²) < 4.78 is 30.5. The largest absolute Gasteiger partial charge is 0.497 e. The number of sulfonamides is 1. The summed E-state index contributed by atoms with van der Waals surface area (Å²) in [6, 6.07) is 14.5. The van der Waals surface area contributed by atoms with E-state index in [4.69, 9.17) is 4.74 Å². The maximum Gasteiger partial charge on any atom is 0.241 e. The van der Waals surface area contributed by atoms with E-state index in [1.54, 1.807) is 31.4 Å². The number of hydrogen-bond acceptors (Lipinski definition) is 4. The molecule has 2 aromatic carbocycles. The Bertz CT molecular complexity index is 860. The van der Waals surface area contributed by atoms with Gasteiger partial charge in [0.15, 0.2) is 0 Å². The normalized spacial score (nSPS) is 11.3. The summed E-state index contributed by atoms with van der Waals surface area (Å²) in [5, 5.41) is 2.75. The maximum atomic E-state index is 12.3. The van der Waals surface area contributed by atoms with Gasteiger partial charge >= 0.3 is 0 Å². The van der Waals surface area contributed by atoms with E-state index >= 15 is 0 Å². The first-order valence-corrected chi connectivity index (χ1v) is 10.5. The van der Waals surface area contributed by atoms with Crippen LogP contribution in [0.4, 0.5) is 5.69 Å². The first kappa shape index (κ1) is 20.8. The second kappa shape index (κ2) is 8.90. The summed E-state index contributed by atoms with van der Waals surface area (Å²) in [6.07, 6.45) is 1.10. The Morgan fingerprint density at radius 1 is 1.07 bits per heavy atom. The van der Waals surface area contributed by atoms with Crippen molar-refractivity contribution in [1.29, 1.82) is 0 Å². The number of nitrogens with one attached hydrogen (secondary N) is 1. The average molecular weight is 391 g/mol. The fourth-order valence-electron chi connectivity index (χ4n) is 2.56. The van der Waals surface area contributed by atoms with Gasteiger partial charge in [-0.25, -0.2) is 8.42 Å². The molecule has 146 valence electrons. The van der Waals surface area contributed by atoms with Gasteiger partial charge in [0.2, 0.25) is 15.9 Å². The van der Waals surface area contributed by atoms with Gasteiger partial charge in [0.05, 0.1) is 19.1 Å². The van der Waals surface area contributed by atoms with Gasteiger partial charge in [-0.15, -0.1) is 0 Å². The molecule has 2 aromatic rings. The Kier molecular flexibility index (Phi) is 6.85. The highest BCUT2D eigenvalue weighted by atomic mass is 32.2. The Hall–Kier alpha value is -2.54. The molecule has 0 atom stereocenters. The molecule has 0 aliphatic heterocycles. The first-order valence-electron chi connectivity index (χ1n) is 8.68. The zero-order valence-corrected chi connectivity index (χ0v) is 16.9.